The highest BCUT2D eigenvalue weighted by Crippen LogP contribution is 2.42. The van der Waals surface area contributed by atoms with Crippen LogP contribution in [0.3, 0.4) is 0 Å². The number of ketones is 1. The monoisotopic (exact) mass is 536 g/mol. The molecule has 0 bridgehead atoms. The van der Waals surface area contributed by atoms with Crippen molar-refractivity contribution in [2.45, 2.75) is 40.2 Å². The van der Waals surface area contributed by atoms with Crippen molar-refractivity contribution in [2.24, 2.45) is 5.92 Å². The SMILES string of the molecule is COc1cc(C2C(=C(O)c3cc(C)ccc3C)C(=O)C(=O)N2CCN2CCOCC2)ccc1OCCC(C)C. The van der Waals surface area contributed by atoms with Crippen LogP contribution in [0.2, 0.25) is 0 Å². The van der Waals surface area contributed by atoms with Crippen LogP contribution in [0.5, 0.6) is 11.5 Å². The first-order valence-corrected chi connectivity index (χ1v) is 13.7. The molecule has 2 heterocycles. The molecule has 2 aromatic rings. The van der Waals surface area contributed by atoms with E-state index in [9.17, 15) is 14.7 Å². The van der Waals surface area contributed by atoms with E-state index in [1.54, 1.807) is 18.1 Å². The molecule has 8 heteroatoms. The molecule has 1 atom stereocenters. The largest absolute Gasteiger partial charge is 0.507 e. The predicted molar refractivity (Wildman–Crippen MR) is 150 cm³/mol. The van der Waals surface area contributed by atoms with E-state index in [1.165, 1.54) is 0 Å². The predicted octanol–water partition coefficient (Wildman–Crippen LogP) is 4.49. The Morgan fingerprint density at radius 3 is 2.49 bits per heavy atom. The second kappa shape index (κ2) is 12.7. The number of methoxy groups -OCH3 is 1. The molecule has 8 nitrogen and oxygen atoms in total. The molecule has 2 saturated heterocycles. The number of ether oxygens (including phenoxy) is 3. The van der Waals surface area contributed by atoms with Crippen LogP contribution in [0.15, 0.2) is 42.0 Å². The molecule has 2 aliphatic heterocycles. The van der Waals surface area contributed by atoms with E-state index in [2.05, 4.69) is 18.7 Å². The van der Waals surface area contributed by atoms with E-state index in [0.29, 0.717) is 61.5 Å². The van der Waals surface area contributed by atoms with E-state index in [4.69, 9.17) is 14.2 Å². The number of hydrogen-bond acceptors (Lipinski definition) is 7. The number of likely N-dealkylation sites (tertiary alicyclic amines) is 1. The summed E-state index contributed by atoms with van der Waals surface area (Å²) in [7, 11) is 1.57. The highest BCUT2D eigenvalue weighted by Gasteiger charge is 2.46. The highest BCUT2D eigenvalue weighted by molar-refractivity contribution is 6.46. The normalized spacial score (nSPS) is 19.6. The van der Waals surface area contributed by atoms with E-state index >= 15 is 0 Å². The third kappa shape index (κ3) is 6.45. The zero-order valence-corrected chi connectivity index (χ0v) is 23.7. The van der Waals surface area contributed by atoms with Crippen molar-refractivity contribution in [3.63, 3.8) is 0 Å². The van der Waals surface area contributed by atoms with Gasteiger partial charge >= 0.3 is 0 Å². The van der Waals surface area contributed by atoms with Crippen molar-refractivity contribution in [2.75, 3.05) is 53.1 Å². The number of Topliss-reactive ketones (excluding diaryl/α,β-unsaturated/α-hetero) is 1. The fraction of sp³-hybridized carbons (Fsp3) is 0.484. The van der Waals surface area contributed by atoms with Crippen molar-refractivity contribution < 1.29 is 28.9 Å². The Kier molecular flexibility index (Phi) is 9.30. The van der Waals surface area contributed by atoms with E-state index in [1.807, 2.05) is 44.2 Å². The second-order valence-corrected chi connectivity index (χ2v) is 10.7. The number of amides is 1. The summed E-state index contributed by atoms with van der Waals surface area (Å²) in [5.74, 6) is 0.160. The van der Waals surface area contributed by atoms with Crippen molar-refractivity contribution in [1.82, 2.24) is 9.80 Å². The Morgan fingerprint density at radius 1 is 1.05 bits per heavy atom. The summed E-state index contributed by atoms with van der Waals surface area (Å²) in [5.41, 5.74) is 3.08. The summed E-state index contributed by atoms with van der Waals surface area (Å²) in [4.78, 5) is 30.7. The van der Waals surface area contributed by atoms with E-state index in [0.717, 1.165) is 30.6 Å². The number of carbonyl (C=O) groups is 2. The van der Waals surface area contributed by atoms with Gasteiger partial charge in [-0.3, -0.25) is 14.5 Å². The van der Waals surface area contributed by atoms with Crippen LogP contribution in [0, 0.1) is 19.8 Å². The number of aryl methyl sites for hydroxylation is 2. The molecule has 39 heavy (non-hydrogen) atoms. The zero-order chi connectivity index (χ0) is 28.1. The fourth-order valence-corrected chi connectivity index (χ4v) is 5.05. The summed E-state index contributed by atoms with van der Waals surface area (Å²) < 4.78 is 17.1. The molecule has 2 aliphatic rings. The van der Waals surface area contributed by atoms with Crippen LogP contribution in [0.25, 0.3) is 5.76 Å². The number of benzene rings is 2. The molecule has 2 fully saturated rings. The molecule has 1 N–H and O–H groups in total. The first-order chi connectivity index (χ1) is 18.7. The molecule has 0 aliphatic carbocycles. The van der Waals surface area contributed by atoms with Crippen LogP contribution in [-0.4, -0.2) is 79.7 Å². The summed E-state index contributed by atoms with van der Waals surface area (Å²) in [6.45, 7) is 12.4. The number of aliphatic hydroxyl groups is 1. The molecule has 0 saturated carbocycles. The summed E-state index contributed by atoms with van der Waals surface area (Å²) >= 11 is 0. The maximum absolute atomic E-state index is 13.5. The Labute approximate surface area is 231 Å². The van der Waals surface area contributed by atoms with Gasteiger partial charge in [-0.2, -0.15) is 0 Å². The lowest BCUT2D eigenvalue weighted by Crippen LogP contribution is -2.42. The third-order valence-corrected chi connectivity index (χ3v) is 7.41. The van der Waals surface area contributed by atoms with E-state index < -0.39 is 17.7 Å². The average molecular weight is 537 g/mol. The fourth-order valence-electron chi connectivity index (χ4n) is 5.05. The lowest BCUT2D eigenvalue weighted by molar-refractivity contribution is -0.140. The van der Waals surface area contributed by atoms with Gasteiger partial charge in [0.2, 0.25) is 0 Å². The smallest absolute Gasteiger partial charge is 0.295 e. The maximum atomic E-state index is 13.5. The highest BCUT2D eigenvalue weighted by atomic mass is 16.5. The maximum Gasteiger partial charge on any atom is 0.295 e. The van der Waals surface area contributed by atoms with Crippen molar-refractivity contribution >= 4 is 17.4 Å². The second-order valence-electron chi connectivity index (χ2n) is 10.7. The lowest BCUT2D eigenvalue weighted by Gasteiger charge is -2.31. The quantitative estimate of drug-likeness (QED) is 0.272. The van der Waals surface area contributed by atoms with Gasteiger partial charge in [-0.1, -0.05) is 37.6 Å². The van der Waals surface area contributed by atoms with Crippen molar-refractivity contribution in [1.29, 1.82) is 0 Å². The summed E-state index contributed by atoms with van der Waals surface area (Å²) in [6, 6.07) is 10.4. The number of aliphatic hydroxyl groups excluding tert-OH is 1. The number of morpholine rings is 1. The van der Waals surface area contributed by atoms with Crippen LogP contribution in [0.1, 0.15) is 48.6 Å². The molecule has 2 aromatic carbocycles. The van der Waals surface area contributed by atoms with Gasteiger partial charge in [0.15, 0.2) is 11.5 Å². The van der Waals surface area contributed by atoms with Gasteiger partial charge in [0.1, 0.15) is 5.76 Å². The zero-order valence-electron chi connectivity index (χ0n) is 23.7. The summed E-state index contributed by atoms with van der Waals surface area (Å²) in [5, 5.41) is 11.5. The molecular weight excluding hydrogens is 496 g/mol. The first kappa shape index (κ1) is 28.6. The Balaban J connectivity index is 1.76. The Bertz CT molecular complexity index is 1230. The average Bonchev–Trinajstić information content (AvgIpc) is 3.18. The van der Waals surface area contributed by atoms with Crippen molar-refractivity contribution in [3.05, 3.63) is 64.2 Å². The minimum Gasteiger partial charge on any atom is -0.507 e. The van der Waals surface area contributed by atoms with Gasteiger partial charge in [0.05, 0.1) is 38.5 Å². The van der Waals surface area contributed by atoms with Gasteiger partial charge < -0.3 is 24.2 Å². The molecule has 0 spiro atoms. The van der Waals surface area contributed by atoms with Crippen LogP contribution in [-0.2, 0) is 14.3 Å². The minimum atomic E-state index is -0.760. The van der Waals surface area contributed by atoms with Crippen LogP contribution < -0.4 is 9.47 Å². The molecule has 4 rings (SSSR count). The topological polar surface area (TPSA) is 88.5 Å². The van der Waals surface area contributed by atoms with Crippen LogP contribution >= 0.6 is 0 Å². The van der Waals surface area contributed by atoms with Gasteiger partial charge in [0.25, 0.3) is 11.7 Å². The standard InChI is InChI=1S/C31H40N2O6/c1-20(2)10-15-39-25-9-8-23(19-26(25)37-5)28-27(29(34)24-18-21(3)6-7-22(24)4)30(35)31(36)33(28)12-11-32-13-16-38-17-14-32/h6-9,18-20,28,34H,10-17H2,1-5H3. The number of rotatable bonds is 10. The molecule has 210 valence electrons. The van der Waals surface area contributed by atoms with Gasteiger partial charge in [-0.05, 0) is 55.5 Å². The molecule has 1 amide bonds. The molecular formula is C31H40N2O6. The molecule has 1 unspecified atom stereocenters. The number of carbonyl (C=O) groups excluding carboxylic acids is 2. The Hall–Kier alpha value is -3.36. The first-order valence-electron chi connectivity index (χ1n) is 13.7. The van der Waals surface area contributed by atoms with Gasteiger partial charge in [-0.15, -0.1) is 0 Å². The van der Waals surface area contributed by atoms with Crippen LogP contribution in [0.4, 0.5) is 0 Å². The van der Waals surface area contributed by atoms with E-state index in [-0.39, 0.29) is 11.3 Å². The molecule has 0 radical (unpaired) electrons. The van der Waals surface area contributed by atoms with Gasteiger partial charge in [0, 0.05) is 31.7 Å². The molecule has 0 aromatic heterocycles. The Morgan fingerprint density at radius 2 is 1.79 bits per heavy atom. The lowest BCUT2D eigenvalue weighted by atomic mass is 9.93. The van der Waals surface area contributed by atoms with Gasteiger partial charge in [-0.25, -0.2) is 0 Å². The number of nitrogens with zero attached hydrogens (tertiary/aromatic N) is 2. The third-order valence-electron chi connectivity index (χ3n) is 7.41. The summed E-state index contributed by atoms with van der Waals surface area (Å²) in [6.07, 6.45) is 0.905. The van der Waals surface area contributed by atoms with Crippen molar-refractivity contribution in [3.8, 4) is 11.5 Å². The minimum absolute atomic E-state index is 0.0891. The number of hydrogen-bond donors (Lipinski definition) is 1.